The number of carbonyl (C=O) groups excluding carboxylic acids is 1. The zero-order valence-corrected chi connectivity index (χ0v) is 10.6. The second-order valence-electron chi connectivity index (χ2n) is 3.94. The fourth-order valence-corrected chi connectivity index (χ4v) is 2.18. The van der Waals surface area contributed by atoms with Gasteiger partial charge in [-0.15, -0.1) is 0 Å². The number of halogens is 1. The second-order valence-corrected chi connectivity index (χ2v) is 4.32. The Morgan fingerprint density at radius 1 is 1.53 bits per heavy atom. The third-order valence-electron chi connectivity index (χ3n) is 2.79. The maximum atomic E-state index is 11.7. The number of carbonyl (C=O) groups is 1. The lowest BCUT2D eigenvalue weighted by Crippen LogP contribution is -2.43. The molecule has 0 aromatic heterocycles. The Hall–Kier alpha value is -2.05. The highest BCUT2D eigenvalue weighted by Crippen LogP contribution is 2.40. The largest absolute Gasteiger partial charge is 0.495 e. The summed E-state index contributed by atoms with van der Waals surface area (Å²) in [6.45, 7) is 0. The van der Waals surface area contributed by atoms with Gasteiger partial charge in [-0.1, -0.05) is 11.6 Å². The third-order valence-corrected chi connectivity index (χ3v) is 3.14. The molecule has 1 aromatic rings. The molecule has 6 nitrogen and oxygen atoms in total. The van der Waals surface area contributed by atoms with Crippen LogP contribution in [0.4, 0.5) is 0 Å². The number of aliphatic hydroxyl groups is 1. The van der Waals surface area contributed by atoms with Crippen molar-refractivity contribution in [1.29, 1.82) is 0 Å². The summed E-state index contributed by atoms with van der Waals surface area (Å²) in [7, 11) is 1.49. The molecule has 0 spiro atoms. The highest BCUT2D eigenvalue weighted by Gasteiger charge is 2.31. The molecule has 1 aromatic carbocycles. The van der Waals surface area contributed by atoms with E-state index in [1.807, 2.05) is 0 Å². The Labute approximate surface area is 113 Å². The summed E-state index contributed by atoms with van der Waals surface area (Å²) in [5.74, 6) is 0.401. The molecule has 19 heavy (non-hydrogen) atoms. The first-order chi connectivity index (χ1) is 9.10. The number of fused-ring (bicyclic) bond motifs is 2. The number of hydrogen-bond donors (Lipinski definition) is 2. The fourth-order valence-electron chi connectivity index (χ4n) is 1.89. The van der Waals surface area contributed by atoms with E-state index in [9.17, 15) is 9.90 Å². The number of nitrogens with one attached hydrogen (secondary N) is 1. The van der Waals surface area contributed by atoms with Crippen LogP contribution in [-0.4, -0.2) is 30.4 Å². The minimum atomic E-state index is -1.31. The molecule has 0 bridgehead atoms. The summed E-state index contributed by atoms with van der Waals surface area (Å²) in [5, 5.41) is 11.9. The van der Waals surface area contributed by atoms with E-state index in [1.54, 1.807) is 18.2 Å². The Kier molecular flexibility index (Phi) is 2.69. The molecule has 3 rings (SSSR count). The molecule has 2 aliphatic heterocycles. The van der Waals surface area contributed by atoms with E-state index in [1.165, 1.54) is 7.11 Å². The van der Waals surface area contributed by atoms with Crippen molar-refractivity contribution in [1.82, 2.24) is 5.32 Å². The van der Waals surface area contributed by atoms with Gasteiger partial charge in [-0.3, -0.25) is 4.79 Å². The highest BCUT2D eigenvalue weighted by molar-refractivity contribution is 6.35. The molecule has 2 N–H and O–H groups in total. The second kappa shape index (κ2) is 4.25. The van der Waals surface area contributed by atoms with Gasteiger partial charge in [-0.25, -0.2) is 0 Å². The SMILES string of the molecule is COc1ccc2c(c1Cl)OC1=NC(O)NC(=O)C1=C2. The Bertz CT molecular complexity index is 639. The van der Waals surface area contributed by atoms with Crippen LogP contribution >= 0.6 is 11.6 Å². The molecule has 1 atom stereocenters. The van der Waals surface area contributed by atoms with Crippen LogP contribution in [0.3, 0.4) is 0 Å². The molecule has 0 saturated carbocycles. The predicted octanol–water partition coefficient (Wildman–Crippen LogP) is 0.929. The van der Waals surface area contributed by atoms with Crippen molar-refractivity contribution >= 4 is 29.5 Å². The van der Waals surface area contributed by atoms with Gasteiger partial charge in [0.15, 0.2) is 5.75 Å². The van der Waals surface area contributed by atoms with Gasteiger partial charge in [-0.2, -0.15) is 4.99 Å². The van der Waals surface area contributed by atoms with Crippen LogP contribution in [0.25, 0.3) is 6.08 Å². The van der Waals surface area contributed by atoms with Crippen molar-refractivity contribution in [2.75, 3.05) is 7.11 Å². The number of aliphatic hydroxyl groups excluding tert-OH is 1. The minimum absolute atomic E-state index is 0.0407. The maximum Gasteiger partial charge on any atom is 0.260 e. The van der Waals surface area contributed by atoms with Crippen LogP contribution in [0.1, 0.15) is 5.56 Å². The molecular weight excluding hydrogens is 272 g/mol. The lowest BCUT2D eigenvalue weighted by molar-refractivity contribution is -0.120. The van der Waals surface area contributed by atoms with E-state index >= 15 is 0 Å². The zero-order valence-electron chi connectivity index (χ0n) is 9.81. The number of rotatable bonds is 1. The molecule has 0 radical (unpaired) electrons. The summed E-state index contributed by atoms with van der Waals surface area (Å²) < 4.78 is 10.6. The normalized spacial score (nSPS) is 20.4. The summed E-state index contributed by atoms with van der Waals surface area (Å²) >= 11 is 6.13. The van der Waals surface area contributed by atoms with Gasteiger partial charge >= 0.3 is 0 Å². The van der Waals surface area contributed by atoms with E-state index < -0.39 is 12.3 Å². The molecule has 7 heteroatoms. The Morgan fingerprint density at radius 2 is 2.32 bits per heavy atom. The monoisotopic (exact) mass is 280 g/mol. The van der Waals surface area contributed by atoms with Gasteiger partial charge in [0.2, 0.25) is 12.2 Å². The zero-order chi connectivity index (χ0) is 13.6. The molecular formula is C12H9ClN2O4. The molecule has 1 amide bonds. The number of aliphatic imine (C=N–C) groups is 1. The molecule has 98 valence electrons. The van der Waals surface area contributed by atoms with Crippen molar-refractivity contribution in [2.24, 2.45) is 4.99 Å². The molecule has 0 saturated heterocycles. The van der Waals surface area contributed by atoms with Crippen molar-refractivity contribution in [2.45, 2.75) is 6.35 Å². The van der Waals surface area contributed by atoms with Gasteiger partial charge in [0.1, 0.15) is 16.3 Å². The van der Waals surface area contributed by atoms with Gasteiger partial charge in [0.05, 0.1) is 7.11 Å². The number of benzene rings is 1. The summed E-state index contributed by atoms with van der Waals surface area (Å²) in [6.07, 6.45) is 0.287. The van der Waals surface area contributed by atoms with Gasteiger partial charge in [0.25, 0.3) is 5.91 Å². The average Bonchev–Trinajstić information content (AvgIpc) is 2.38. The lowest BCUT2D eigenvalue weighted by atomic mass is 10.0. The van der Waals surface area contributed by atoms with Gasteiger partial charge in [0, 0.05) is 5.56 Å². The Balaban J connectivity index is 2.16. The Morgan fingerprint density at radius 3 is 3.05 bits per heavy atom. The number of methoxy groups -OCH3 is 1. The quantitative estimate of drug-likeness (QED) is 0.802. The van der Waals surface area contributed by atoms with Crippen LogP contribution < -0.4 is 14.8 Å². The average molecular weight is 281 g/mol. The number of ether oxygens (including phenoxy) is 2. The summed E-state index contributed by atoms with van der Waals surface area (Å²) in [4.78, 5) is 15.5. The van der Waals surface area contributed by atoms with Crippen LogP contribution in [0.2, 0.25) is 5.02 Å². The van der Waals surface area contributed by atoms with E-state index in [2.05, 4.69) is 10.3 Å². The van der Waals surface area contributed by atoms with E-state index in [0.717, 1.165) is 0 Å². The van der Waals surface area contributed by atoms with Gasteiger partial charge < -0.3 is 19.9 Å². The van der Waals surface area contributed by atoms with Crippen molar-refractivity contribution in [3.63, 3.8) is 0 Å². The minimum Gasteiger partial charge on any atom is -0.495 e. The van der Waals surface area contributed by atoms with E-state index in [4.69, 9.17) is 21.1 Å². The lowest BCUT2D eigenvalue weighted by Gasteiger charge is -2.25. The fraction of sp³-hybridized carbons (Fsp3) is 0.167. The van der Waals surface area contributed by atoms with Gasteiger partial charge in [-0.05, 0) is 18.2 Å². The molecule has 0 fully saturated rings. The number of hydrogen-bond acceptors (Lipinski definition) is 5. The molecule has 0 aliphatic carbocycles. The van der Waals surface area contributed by atoms with Crippen LogP contribution in [-0.2, 0) is 4.79 Å². The molecule has 2 aliphatic rings. The van der Waals surface area contributed by atoms with Crippen molar-refractivity contribution in [3.8, 4) is 11.5 Å². The van der Waals surface area contributed by atoms with Crippen molar-refractivity contribution < 1.29 is 19.4 Å². The molecule has 1 unspecified atom stereocenters. The topological polar surface area (TPSA) is 80.2 Å². The standard InChI is InChI=1S/C12H9ClN2O4/c1-18-7-3-2-5-4-6-10(16)14-12(17)15-11(6)19-9(5)8(7)13/h2-4,12,17H,1H3,(H,14,16). The van der Waals surface area contributed by atoms with Crippen molar-refractivity contribution in [3.05, 3.63) is 28.3 Å². The van der Waals surface area contributed by atoms with Crippen LogP contribution in [0, 0.1) is 0 Å². The predicted molar refractivity (Wildman–Crippen MR) is 68.2 cm³/mol. The summed E-state index contributed by atoms with van der Waals surface area (Å²) in [6, 6.07) is 3.40. The maximum absolute atomic E-state index is 11.7. The molecule has 2 heterocycles. The highest BCUT2D eigenvalue weighted by atomic mass is 35.5. The van der Waals surface area contributed by atoms with E-state index in [0.29, 0.717) is 22.1 Å². The summed E-state index contributed by atoms with van der Waals surface area (Å²) in [5.41, 5.74) is 0.894. The first kappa shape index (κ1) is 12.0. The smallest absolute Gasteiger partial charge is 0.260 e. The van der Waals surface area contributed by atoms with Crippen LogP contribution in [0.15, 0.2) is 22.7 Å². The third kappa shape index (κ3) is 1.85. The van der Waals surface area contributed by atoms with Crippen LogP contribution in [0.5, 0.6) is 11.5 Å². The first-order valence-electron chi connectivity index (χ1n) is 5.43. The number of amides is 1. The first-order valence-corrected chi connectivity index (χ1v) is 5.81. The number of nitrogens with zero attached hydrogens (tertiary/aromatic N) is 1. The van der Waals surface area contributed by atoms with E-state index in [-0.39, 0.29) is 11.5 Å².